The molecular formula is C7H8INO. The van der Waals surface area contributed by atoms with Gasteiger partial charge in [-0.05, 0) is 12.1 Å². The van der Waals surface area contributed by atoms with Gasteiger partial charge in [0.1, 0.15) is 0 Å². The molecule has 0 fully saturated rings. The van der Waals surface area contributed by atoms with Crippen LogP contribution in [0.1, 0.15) is 0 Å². The standard InChI is InChI=1S/C7H7NO.HI/c9-6-8-7-4-2-1-3-5-7;/h1-6H,(H,8,9);1H. The largest absolute Gasteiger partial charge is 0.329 e. The van der Waals surface area contributed by atoms with Crippen molar-refractivity contribution >= 4 is 36.1 Å². The number of hydrogen-bond acceptors (Lipinski definition) is 1. The van der Waals surface area contributed by atoms with E-state index in [9.17, 15) is 4.79 Å². The predicted molar refractivity (Wildman–Crippen MR) is 51.5 cm³/mol. The maximum atomic E-state index is 9.86. The lowest BCUT2D eigenvalue weighted by molar-refractivity contribution is -0.105. The minimum absolute atomic E-state index is 0. The van der Waals surface area contributed by atoms with Gasteiger partial charge in [0.05, 0.1) is 0 Å². The van der Waals surface area contributed by atoms with Crippen LogP contribution in [-0.4, -0.2) is 6.41 Å². The van der Waals surface area contributed by atoms with E-state index >= 15 is 0 Å². The van der Waals surface area contributed by atoms with Gasteiger partial charge in [-0.2, -0.15) is 0 Å². The third kappa shape index (κ3) is 2.82. The molecule has 54 valence electrons. The molecule has 0 spiro atoms. The molecule has 0 radical (unpaired) electrons. The molecule has 0 aliphatic carbocycles. The molecule has 3 heteroatoms. The summed E-state index contributed by atoms with van der Waals surface area (Å²) < 4.78 is 0. The van der Waals surface area contributed by atoms with Gasteiger partial charge >= 0.3 is 0 Å². The Morgan fingerprint density at radius 1 is 1.20 bits per heavy atom. The number of para-hydroxylation sites is 1. The third-order valence-corrected chi connectivity index (χ3v) is 0.999. The third-order valence-electron chi connectivity index (χ3n) is 0.999. The zero-order valence-electron chi connectivity index (χ0n) is 5.28. The first-order valence-corrected chi connectivity index (χ1v) is 2.69. The molecule has 1 aromatic carbocycles. The highest BCUT2D eigenvalue weighted by atomic mass is 127. The van der Waals surface area contributed by atoms with Gasteiger partial charge in [-0.3, -0.25) is 4.79 Å². The average molecular weight is 249 g/mol. The summed E-state index contributed by atoms with van der Waals surface area (Å²) in [7, 11) is 0. The molecule has 10 heavy (non-hydrogen) atoms. The Morgan fingerprint density at radius 2 is 1.80 bits per heavy atom. The molecule has 0 unspecified atom stereocenters. The topological polar surface area (TPSA) is 29.1 Å². The highest BCUT2D eigenvalue weighted by Gasteiger charge is 1.81. The van der Waals surface area contributed by atoms with Crippen LogP contribution in [-0.2, 0) is 4.79 Å². The molecule has 1 amide bonds. The second-order valence-corrected chi connectivity index (χ2v) is 1.63. The van der Waals surface area contributed by atoms with Gasteiger partial charge in [0, 0.05) is 5.69 Å². The average Bonchev–Trinajstić information content (AvgIpc) is 1.91. The molecule has 0 saturated heterocycles. The van der Waals surface area contributed by atoms with Crippen LogP contribution in [0.2, 0.25) is 0 Å². The summed E-state index contributed by atoms with van der Waals surface area (Å²) in [6.07, 6.45) is 0.662. The van der Waals surface area contributed by atoms with Crippen LogP contribution in [0.5, 0.6) is 0 Å². The fourth-order valence-electron chi connectivity index (χ4n) is 0.602. The van der Waals surface area contributed by atoms with Gasteiger partial charge < -0.3 is 5.32 Å². The van der Waals surface area contributed by atoms with Crippen molar-refractivity contribution in [3.05, 3.63) is 30.3 Å². The molecule has 1 aromatic rings. The minimum atomic E-state index is 0. The Balaban J connectivity index is 0.000000810. The second kappa shape index (κ2) is 5.22. The summed E-state index contributed by atoms with van der Waals surface area (Å²) in [4.78, 5) is 9.86. The Bertz CT molecular complexity index is 188. The minimum Gasteiger partial charge on any atom is -0.329 e. The summed E-state index contributed by atoms with van der Waals surface area (Å²) in [5, 5.41) is 2.53. The smallest absolute Gasteiger partial charge is 0.211 e. The molecule has 0 aliphatic rings. The van der Waals surface area contributed by atoms with Crippen LogP contribution in [0, 0.1) is 0 Å². The first-order valence-electron chi connectivity index (χ1n) is 2.69. The van der Waals surface area contributed by atoms with E-state index in [1.807, 2.05) is 30.3 Å². The maximum Gasteiger partial charge on any atom is 0.211 e. The Hall–Kier alpha value is -0.580. The van der Waals surface area contributed by atoms with Crippen molar-refractivity contribution < 1.29 is 4.79 Å². The van der Waals surface area contributed by atoms with Crippen molar-refractivity contribution in [2.24, 2.45) is 0 Å². The zero-order valence-corrected chi connectivity index (χ0v) is 7.61. The van der Waals surface area contributed by atoms with Crippen LogP contribution < -0.4 is 5.32 Å². The van der Waals surface area contributed by atoms with E-state index in [4.69, 9.17) is 0 Å². The molecule has 0 aliphatic heterocycles. The molecule has 0 saturated carbocycles. The van der Waals surface area contributed by atoms with Crippen molar-refractivity contribution in [3.63, 3.8) is 0 Å². The highest BCUT2D eigenvalue weighted by molar-refractivity contribution is 14.0. The first kappa shape index (κ1) is 9.42. The lowest BCUT2D eigenvalue weighted by Gasteiger charge is -1.93. The Morgan fingerprint density at radius 3 is 2.30 bits per heavy atom. The van der Waals surface area contributed by atoms with Crippen LogP contribution in [0.15, 0.2) is 30.3 Å². The fraction of sp³-hybridized carbons (Fsp3) is 0. The second-order valence-electron chi connectivity index (χ2n) is 1.63. The van der Waals surface area contributed by atoms with Gasteiger partial charge in [-0.25, -0.2) is 0 Å². The van der Waals surface area contributed by atoms with E-state index in [0.717, 1.165) is 5.69 Å². The van der Waals surface area contributed by atoms with E-state index in [1.165, 1.54) is 0 Å². The van der Waals surface area contributed by atoms with Crippen LogP contribution in [0.3, 0.4) is 0 Å². The summed E-state index contributed by atoms with van der Waals surface area (Å²) in [6, 6.07) is 9.29. The number of carbonyl (C=O) groups is 1. The van der Waals surface area contributed by atoms with Crippen molar-refractivity contribution in [1.29, 1.82) is 0 Å². The van der Waals surface area contributed by atoms with Gasteiger partial charge in [0.2, 0.25) is 6.41 Å². The molecule has 0 heterocycles. The summed E-state index contributed by atoms with van der Waals surface area (Å²) >= 11 is 0. The molecule has 0 atom stereocenters. The Labute approximate surface area is 76.7 Å². The maximum absolute atomic E-state index is 9.86. The number of carbonyl (C=O) groups excluding carboxylic acids is 1. The van der Waals surface area contributed by atoms with Crippen molar-refractivity contribution in [2.45, 2.75) is 0 Å². The molecule has 1 N–H and O–H groups in total. The highest BCUT2D eigenvalue weighted by Crippen LogP contribution is 2.01. The van der Waals surface area contributed by atoms with Crippen molar-refractivity contribution in [1.82, 2.24) is 0 Å². The Kier molecular flexibility index (Phi) is 4.92. The number of benzene rings is 1. The van der Waals surface area contributed by atoms with Crippen LogP contribution >= 0.6 is 24.0 Å². The molecule has 0 bridgehead atoms. The zero-order chi connectivity index (χ0) is 6.53. The number of amides is 1. The quantitative estimate of drug-likeness (QED) is 0.629. The summed E-state index contributed by atoms with van der Waals surface area (Å²) in [6.45, 7) is 0. The lowest BCUT2D eigenvalue weighted by atomic mass is 10.3. The molecular weight excluding hydrogens is 241 g/mol. The van der Waals surface area contributed by atoms with E-state index in [0.29, 0.717) is 6.41 Å². The molecule has 1 rings (SSSR count). The SMILES string of the molecule is I.O=CNc1ccccc1. The summed E-state index contributed by atoms with van der Waals surface area (Å²) in [5.74, 6) is 0. The van der Waals surface area contributed by atoms with E-state index < -0.39 is 0 Å². The van der Waals surface area contributed by atoms with Crippen LogP contribution in [0.25, 0.3) is 0 Å². The van der Waals surface area contributed by atoms with Gasteiger partial charge in [0.25, 0.3) is 0 Å². The van der Waals surface area contributed by atoms with Gasteiger partial charge in [0.15, 0.2) is 0 Å². The number of nitrogens with one attached hydrogen (secondary N) is 1. The molecule has 0 aromatic heterocycles. The van der Waals surface area contributed by atoms with Crippen molar-refractivity contribution in [3.8, 4) is 0 Å². The number of rotatable bonds is 2. The number of anilines is 1. The number of halogens is 1. The normalized spacial score (nSPS) is 7.60. The van der Waals surface area contributed by atoms with Gasteiger partial charge in [-0.1, -0.05) is 18.2 Å². The first-order chi connectivity index (χ1) is 4.43. The van der Waals surface area contributed by atoms with Crippen molar-refractivity contribution in [2.75, 3.05) is 5.32 Å². The van der Waals surface area contributed by atoms with Gasteiger partial charge in [-0.15, -0.1) is 24.0 Å². The summed E-state index contributed by atoms with van der Waals surface area (Å²) in [5.41, 5.74) is 0.826. The lowest BCUT2D eigenvalue weighted by Crippen LogP contribution is -1.91. The molecule has 2 nitrogen and oxygen atoms in total. The van der Waals surface area contributed by atoms with E-state index in [2.05, 4.69) is 5.32 Å². The van der Waals surface area contributed by atoms with Crippen LogP contribution in [0.4, 0.5) is 5.69 Å². The number of hydrogen-bond donors (Lipinski definition) is 1. The van der Waals surface area contributed by atoms with E-state index in [-0.39, 0.29) is 24.0 Å². The fourth-order valence-corrected chi connectivity index (χ4v) is 0.602. The predicted octanol–water partition coefficient (Wildman–Crippen LogP) is 1.87. The monoisotopic (exact) mass is 249 g/mol. The van der Waals surface area contributed by atoms with E-state index in [1.54, 1.807) is 0 Å².